The number of nitrogens with zero attached hydrogens (tertiary/aromatic N) is 2. The topological polar surface area (TPSA) is 61.9 Å². The summed E-state index contributed by atoms with van der Waals surface area (Å²) in [7, 11) is 0. The molecule has 1 unspecified atom stereocenters. The summed E-state index contributed by atoms with van der Waals surface area (Å²) in [6.45, 7) is 8.55. The number of rotatable bonds is 7. The van der Waals surface area contributed by atoms with Gasteiger partial charge in [0.1, 0.15) is 0 Å². The van der Waals surface area contributed by atoms with Crippen molar-refractivity contribution in [2.75, 3.05) is 32.8 Å². The van der Waals surface area contributed by atoms with Gasteiger partial charge in [0, 0.05) is 23.8 Å². The number of esters is 1. The lowest BCUT2D eigenvalue weighted by molar-refractivity contribution is -0.139. The second kappa shape index (κ2) is 9.94. The summed E-state index contributed by atoms with van der Waals surface area (Å²) in [6, 6.07) is 6.34. The van der Waals surface area contributed by atoms with Gasteiger partial charge in [-0.05, 0) is 50.6 Å². The van der Waals surface area contributed by atoms with Crippen LogP contribution < -0.4 is 5.32 Å². The highest BCUT2D eigenvalue weighted by atomic mass is 35.5. The zero-order valence-electron chi connectivity index (χ0n) is 16.8. The minimum atomic E-state index is -0.610. The van der Waals surface area contributed by atoms with Crippen LogP contribution in [0.5, 0.6) is 0 Å². The monoisotopic (exact) mass is 417 g/mol. The van der Waals surface area contributed by atoms with Gasteiger partial charge in [-0.3, -0.25) is 9.80 Å². The molecule has 0 aliphatic carbocycles. The van der Waals surface area contributed by atoms with Crippen LogP contribution >= 0.6 is 11.6 Å². The molecular formula is C22H28ClN3O3. The van der Waals surface area contributed by atoms with E-state index < -0.39 is 12.0 Å². The van der Waals surface area contributed by atoms with Crippen LogP contribution in [0.4, 0.5) is 4.79 Å². The Kier molecular flexibility index (Phi) is 7.34. The Bertz CT molecular complexity index is 802. The second-order valence-corrected chi connectivity index (χ2v) is 7.69. The van der Waals surface area contributed by atoms with Crippen LogP contribution in [0.3, 0.4) is 0 Å². The quantitative estimate of drug-likeness (QED) is 0.540. The summed E-state index contributed by atoms with van der Waals surface area (Å²) in [6.07, 6.45) is 5.11. The lowest BCUT2D eigenvalue weighted by Gasteiger charge is -2.39. The van der Waals surface area contributed by atoms with Crippen molar-refractivity contribution in [3.05, 3.63) is 58.8 Å². The van der Waals surface area contributed by atoms with E-state index in [2.05, 4.69) is 16.8 Å². The zero-order valence-corrected chi connectivity index (χ0v) is 17.6. The number of hydrogen-bond acceptors (Lipinski definition) is 4. The molecular weight excluding hydrogens is 390 g/mol. The third-order valence-electron chi connectivity index (χ3n) is 5.25. The highest BCUT2D eigenvalue weighted by Gasteiger charge is 2.38. The Hall–Kier alpha value is -2.31. The van der Waals surface area contributed by atoms with E-state index in [9.17, 15) is 9.59 Å². The fourth-order valence-corrected chi connectivity index (χ4v) is 4.11. The third kappa shape index (κ3) is 5.00. The van der Waals surface area contributed by atoms with E-state index >= 15 is 0 Å². The lowest BCUT2D eigenvalue weighted by Crippen LogP contribution is -2.51. The van der Waals surface area contributed by atoms with Crippen LogP contribution in [0, 0.1) is 0 Å². The Labute approximate surface area is 177 Å². The molecule has 2 aliphatic rings. The first-order valence-corrected chi connectivity index (χ1v) is 10.5. The van der Waals surface area contributed by atoms with Gasteiger partial charge in [-0.25, -0.2) is 9.59 Å². The molecule has 0 aromatic heterocycles. The van der Waals surface area contributed by atoms with E-state index in [4.69, 9.17) is 16.3 Å². The van der Waals surface area contributed by atoms with Gasteiger partial charge >= 0.3 is 12.0 Å². The Morgan fingerprint density at radius 2 is 2.10 bits per heavy atom. The van der Waals surface area contributed by atoms with Crippen LogP contribution in [0.2, 0.25) is 5.02 Å². The van der Waals surface area contributed by atoms with Crippen molar-refractivity contribution in [1.29, 1.82) is 0 Å². The molecule has 0 saturated carbocycles. The molecule has 0 bridgehead atoms. The summed E-state index contributed by atoms with van der Waals surface area (Å²) in [5.74, 6) is -0.418. The molecule has 7 heteroatoms. The van der Waals surface area contributed by atoms with Gasteiger partial charge in [-0.1, -0.05) is 36.2 Å². The number of carbonyl (C=O) groups excluding carboxylic acids is 2. The number of halogens is 1. The smallest absolute Gasteiger partial charge is 0.338 e. The summed E-state index contributed by atoms with van der Waals surface area (Å²) in [5, 5.41) is 3.50. The maximum absolute atomic E-state index is 13.0. The van der Waals surface area contributed by atoms with Gasteiger partial charge in [-0.2, -0.15) is 0 Å². The Balaban J connectivity index is 2.10. The van der Waals surface area contributed by atoms with Crippen molar-refractivity contribution < 1.29 is 14.3 Å². The van der Waals surface area contributed by atoms with E-state index in [0.717, 1.165) is 31.5 Å². The van der Waals surface area contributed by atoms with Crippen LogP contribution in [0.1, 0.15) is 37.8 Å². The summed E-state index contributed by atoms with van der Waals surface area (Å²) >= 11 is 6.18. The van der Waals surface area contributed by atoms with E-state index in [1.807, 2.05) is 12.1 Å². The molecule has 1 atom stereocenters. The minimum absolute atomic E-state index is 0.255. The number of piperidine rings is 1. The highest BCUT2D eigenvalue weighted by molar-refractivity contribution is 6.30. The second-order valence-electron chi connectivity index (χ2n) is 7.25. The molecule has 1 aromatic carbocycles. The largest absolute Gasteiger partial charge is 0.463 e. The summed E-state index contributed by atoms with van der Waals surface area (Å²) in [5.41, 5.74) is 1.89. The predicted octanol–water partition coefficient (Wildman–Crippen LogP) is 3.90. The number of ether oxygens (including phenoxy) is 1. The maximum Gasteiger partial charge on any atom is 0.338 e. The fraction of sp³-hybridized carbons (Fsp3) is 0.455. The Morgan fingerprint density at radius 1 is 1.34 bits per heavy atom. The van der Waals surface area contributed by atoms with E-state index in [0.29, 0.717) is 29.4 Å². The molecule has 0 radical (unpaired) electrons. The van der Waals surface area contributed by atoms with Crippen molar-refractivity contribution in [3.63, 3.8) is 0 Å². The molecule has 2 heterocycles. The van der Waals surface area contributed by atoms with Crippen molar-refractivity contribution >= 4 is 23.6 Å². The van der Waals surface area contributed by atoms with Gasteiger partial charge in [0.15, 0.2) is 0 Å². The van der Waals surface area contributed by atoms with Crippen LogP contribution in [-0.4, -0.2) is 54.6 Å². The molecule has 29 heavy (non-hydrogen) atoms. The molecule has 1 saturated heterocycles. The molecule has 2 aliphatic heterocycles. The fourth-order valence-electron chi connectivity index (χ4n) is 3.91. The molecule has 3 rings (SSSR count). The third-order valence-corrected chi connectivity index (χ3v) is 5.48. The van der Waals surface area contributed by atoms with Crippen LogP contribution in [-0.2, 0) is 9.53 Å². The number of likely N-dealkylation sites (tertiary alicyclic amines) is 1. The first kappa shape index (κ1) is 21.4. The average molecular weight is 418 g/mol. The van der Waals surface area contributed by atoms with E-state index in [1.54, 1.807) is 30.0 Å². The number of benzene rings is 1. The molecule has 2 amide bonds. The number of carbonyl (C=O) groups is 2. The predicted molar refractivity (Wildman–Crippen MR) is 114 cm³/mol. The number of hydrogen-bond donors (Lipinski definition) is 1. The van der Waals surface area contributed by atoms with Gasteiger partial charge in [0.2, 0.25) is 0 Å². The molecule has 1 N–H and O–H groups in total. The van der Waals surface area contributed by atoms with Crippen molar-refractivity contribution in [1.82, 2.24) is 15.1 Å². The lowest BCUT2D eigenvalue weighted by atomic mass is 9.94. The van der Waals surface area contributed by atoms with E-state index in [-0.39, 0.29) is 12.6 Å². The number of amides is 2. The number of urea groups is 1. The molecule has 0 spiro atoms. The normalized spacial score (nSPS) is 20.4. The maximum atomic E-state index is 13.0. The van der Waals surface area contributed by atoms with Crippen LogP contribution in [0.25, 0.3) is 0 Å². The van der Waals surface area contributed by atoms with Gasteiger partial charge in [0.25, 0.3) is 0 Å². The first-order valence-electron chi connectivity index (χ1n) is 10.1. The minimum Gasteiger partial charge on any atom is -0.463 e. The molecule has 1 aromatic rings. The Morgan fingerprint density at radius 3 is 2.76 bits per heavy atom. The molecule has 1 fully saturated rings. The summed E-state index contributed by atoms with van der Waals surface area (Å²) in [4.78, 5) is 29.9. The number of nitrogens with one attached hydrogen (secondary N) is 1. The zero-order chi connectivity index (χ0) is 20.8. The highest BCUT2D eigenvalue weighted by Crippen LogP contribution is 2.33. The van der Waals surface area contributed by atoms with E-state index in [1.165, 1.54) is 6.42 Å². The van der Waals surface area contributed by atoms with Gasteiger partial charge in [0.05, 0.1) is 18.2 Å². The van der Waals surface area contributed by atoms with Gasteiger partial charge < -0.3 is 10.1 Å². The van der Waals surface area contributed by atoms with Crippen molar-refractivity contribution in [2.24, 2.45) is 0 Å². The molecule has 6 nitrogen and oxygen atoms in total. The van der Waals surface area contributed by atoms with Crippen molar-refractivity contribution in [2.45, 2.75) is 32.2 Å². The standard InChI is InChI=1S/C22H28ClN3O3/c1-3-11-26-18(15-25-12-6-5-7-13-25)19(21(27)29-4-2)20(24-22(26)28)16-9-8-10-17(23)14-16/h3,8-10,14,20H,1,4-7,11-13,15H2,2H3,(H,24,28). The average Bonchev–Trinajstić information content (AvgIpc) is 2.71. The first-order chi connectivity index (χ1) is 14.0. The summed E-state index contributed by atoms with van der Waals surface area (Å²) < 4.78 is 5.39. The van der Waals surface area contributed by atoms with Gasteiger partial charge in [-0.15, -0.1) is 6.58 Å². The molecule has 156 valence electrons. The SMILES string of the molecule is C=CCN1C(=O)NC(c2cccc(Cl)c2)C(C(=O)OCC)=C1CN1CCCCC1. The van der Waals surface area contributed by atoms with Crippen molar-refractivity contribution in [3.8, 4) is 0 Å². The van der Waals surface area contributed by atoms with Crippen LogP contribution in [0.15, 0.2) is 48.2 Å².